The van der Waals surface area contributed by atoms with Crippen molar-refractivity contribution in [3.05, 3.63) is 65.2 Å². The fourth-order valence-corrected chi connectivity index (χ4v) is 3.39. The Morgan fingerprint density at radius 3 is 2.42 bits per heavy atom. The van der Waals surface area contributed by atoms with E-state index in [1.165, 1.54) is 30.3 Å². The number of aryl methyl sites for hydroxylation is 1. The molecule has 1 atom stereocenters. The maximum atomic E-state index is 13.4. The van der Waals surface area contributed by atoms with Crippen molar-refractivity contribution in [2.75, 3.05) is 6.26 Å². The van der Waals surface area contributed by atoms with E-state index in [1.807, 2.05) is 0 Å². The summed E-state index contributed by atoms with van der Waals surface area (Å²) >= 11 is 0. The molecule has 26 heavy (non-hydrogen) atoms. The van der Waals surface area contributed by atoms with Gasteiger partial charge in [0.1, 0.15) is 11.4 Å². The number of hydrogen-bond donors (Lipinski definition) is 1. The lowest BCUT2D eigenvalue weighted by Crippen LogP contribution is -2.26. The molecule has 0 fully saturated rings. The van der Waals surface area contributed by atoms with Crippen LogP contribution in [-0.2, 0) is 9.84 Å². The molecule has 0 aliphatic rings. The molecule has 3 rings (SSSR count). The second-order valence-corrected chi connectivity index (χ2v) is 8.25. The van der Waals surface area contributed by atoms with E-state index >= 15 is 0 Å². The molecule has 0 aliphatic heterocycles. The van der Waals surface area contributed by atoms with Crippen molar-refractivity contribution in [3.63, 3.8) is 0 Å². The minimum Gasteiger partial charge on any atom is -0.451 e. The van der Waals surface area contributed by atoms with E-state index in [1.54, 1.807) is 26.0 Å². The summed E-state index contributed by atoms with van der Waals surface area (Å²) in [5, 5.41) is 3.37. The molecular weight excluding hydrogens is 357 g/mol. The van der Waals surface area contributed by atoms with E-state index in [-0.39, 0.29) is 16.7 Å². The van der Waals surface area contributed by atoms with Crippen LogP contribution in [0.5, 0.6) is 0 Å². The first-order valence-electron chi connectivity index (χ1n) is 7.96. The van der Waals surface area contributed by atoms with Crippen molar-refractivity contribution >= 4 is 26.7 Å². The van der Waals surface area contributed by atoms with Gasteiger partial charge in [0.25, 0.3) is 5.91 Å². The van der Waals surface area contributed by atoms with Gasteiger partial charge in [0.15, 0.2) is 15.6 Å². The van der Waals surface area contributed by atoms with Gasteiger partial charge in [-0.05, 0) is 49.7 Å². The van der Waals surface area contributed by atoms with Crippen LogP contribution < -0.4 is 5.32 Å². The number of furan rings is 1. The Kier molecular flexibility index (Phi) is 4.58. The molecule has 0 spiro atoms. The van der Waals surface area contributed by atoms with Crippen molar-refractivity contribution in [3.8, 4) is 0 Å². The molecule has 1 heterocycles. The third-order valence-electron chi connectivity index (χ3n) is 4.26. The molecule has 2 aromatic carbocycles. The predicted molar refractivity (Wildman–Crippen MR) is 96.3 cm³/mol. The molecule has 136 valence electrons. The molecule has 1 aromatic heterocycles. The molecule has 3 aromatic rings. The maximum Gasteiger partial charge on any atom is 0.287 e. The van der Waals surface area contributed by atoms with E-state index in [0.29, 0.717) is 16.5 Å². The minimum atomic E-state index is -3.27. The second kappa shape index (κ2) is 6.57. The van der Waals surface area contributed by atoms with Crippen LogP contribution in [0.1, 0.15) is 34.6 Å². The van der Waals surface area contributed by atoms with Gasteiger partial charge in [0, 0.05) is 17.2 Å². The van der Waals surface area contributed by atoms with E-state index in [0.717, 1.165) is 11.8 Å². The molecule has 0 aliphatic carbocycles. The minimum absolute atomic E-state index is 0.130. The van der Waals surface area contributed by atoms with Gasteiger partial charge in [-0.15, -0.1) is 0 Å². The Labute approximate surface area is 150 Å². The molecule has 0 saturated carbocycles. The van der Waals surface area contributed by atoms with Crippen molar-refractivity contribution < 1.29 is 22.0 Å². The number of benzene rings is 2. The maximum absolute atomic E-state index is 13.4. The zero-order chi connectivity index (χ0) is 19.1. The van der Waals surface area contributed by atoms with Crippen molar-refractivity contribution in [1.29, 1.82) is 0 Å². The smallest absolute Gasteiger partial charge is 0.287 e. The summed E-state index contributed by atoms with van der Waals surface area (Å²) in [6.07, 6.45) is 1.14. The first-order chi connectivity index (χ1) is 12.2. The summed E-state index contributed by atoms with van der Waals surface area (Å²) in [5.74, 6) is -0.684. The fourth-order valence-electron chi connectivity index (χ4n) is 2.76. The lowest BCUT2D eigenvalue weighted by atomic mass is 10.1. The van der Waals surface area contributed by atoms with Gasteiger partial charge in [0.2, 0.25) is 0 Å². The van der Waals surface area contributed by atoms with Crippen LogP contribution in [0.3, 0.4) is 0 Å². The highest BCUT2D eigenvalue weighted by Gasteiger charge is 2.20. The van der Waals surface area contributed by atoms with Crippen LogP contribution in [0, 0.1) is 12.7 Å². The molecule has 1 N–H and O–H groups in total. The van der Waals surface area contributed by atoms with Crippen molar-refractivity contribution in [2.24, 2.45) is 0 Å². The number of halogens is 1. The molecule has 0 radical (unpaired) electrons. The van der Waals surface area contributed by atoms with E-state index < -0.39 is 21.6 Å². The van der Waals surface area contributed by atoms with Gasteiger partial charge in [-0.3, -0.25) is 4.79 Å². The normalized spacial score (nSPS) is 12.9. The van der Waals surface area contributed by atoms with Gasteiger partial charge >= 0.3 is 0 Å². The second-order valence-electron chi connectivity index (χ2n) is 6.23. The quantitative estimate of drug-likeness (QED) is 0.753. The van der Waals surface area contributed by atoms with Crippen molar-refractivity contribution in [1.82, 2.24) is 5.32 Å². The summed E-state index contributed by atoms with van der Waals surface area (Å²) in [6, 6.07) is 10.1. The Balaban J connectivity index is 1.82. The molecule has 1 amide bonds. The van der Waals surface area contributed by atoms with Gasteiger partial charge < -0.3 is 9.73 Å². The lowest BCUT2D eigenvalue weighted by Gasteiger charge is -2.14. The zero-order valence-corrected chi connectivity index (χ0v) is 15.4. The Morgan fingerprint density at radius 1 is 1.15 bits per heavy atom. The summed E-state index contributed by atoms with van der Waals surface area (Å²) in [5.41, 5.74) is 1.77. The highest BCUT2D eigenvalue weighted by molar-refractivity contribution is 7.90. The fraction of sp³-hybridized carbons (Fsp3) is 0.211. The summed E-state index contributed by atoms with van der Waals surface area (Å²) in [6.45, 7) is 3.48. The van der Waals surface area contributed by atoms with Crippen LogP contribution in [0.25, 0.3) is 11.0 Å². The van der Waals surface area contributed by atoms with E-state index in [4.69, 9.17) is 4.42 Å². The van der Waals surface area contributed by atoms with Gasteiger partial charge in [0.05, 0.1) is 10.9 Å². The number of carbonyl (C=O) groups is 1. The van der Waals surface area contributed by atoms with Crippen LogP contribution in [0.2, 0.25) is 0 Å². The molecular formula is C19H18FNO4S. The number of rotatable bonds is 4. The first kappa shape index (κ1) is 18.1. The number of fused-ring (bicyclic) bond motifs is 1. The largest absolute Gasteiger partial charge is 0.451 e. The van der Waals surface area contributed by atoms with Crippen molar-refractivity contribution in [2.45, 2.75) is 24.8 Å². The van der Waals surface area contributed by atoms with Crippen LogP contribution in [-0.4, -0.2) is 20.6 Å². The van der Waals surface area contributed by atoms with Crippen LogP contribution in [0.15, 0.2) is 51.8 Å². The average molecular weight is 375 g/mol. The summed E-state index contributed by atoms with van der Waals surface area (Å²) in [7, 11) is -3.27. The Morgan fingerprint density at radius 2 is 1.81 bits per heavy atom. The van der Waals surface area contributed by atoms with Gasteiger partial charge in [-0.1, -0.05) is 12.1 Å². The molecule has 0 bridgehead atoms. The Hall–Kier alpha value is -2.67. The highest BCUT2D eigenvalue weighted by Crippen LogP contribution is 2.26. The van der Waals surface area contributed by atoms with Crippen LogP contribution >= 0.6 is 0 Å². The third-order valence-corrected chi connectivity index (χ3v) is 5.39. The number of sulfone groups is 1. The summed E-state index contributed by atoms with van der Waals surface area (Å²) in [4.78, 5) is 12.8. The predicted octanol–water partition coefficient (Wildman–Crippen LogP) is 3.77. The Bertz CT molecular complexity index is 1080. The van der Waals surface area contributed by atoms with E-state index in [2.05, 4.69) is 5.32 Å². The molecule has 0 saturated heterocycles. The number of hydrogen-bond acceptors (Lipinski definition) is 4. The number of amides is 1. The van der Waals surface area contributed by atoms with Gasteiger partial charge in [-0.25, -0.2) is 12.8 Å². The van der Waals surface area contributed by atoms with Crippen LogP contribution in [0.4, 0.5) is 4.39 Å². The lowest BCUT2D eigenvalue weighted by molar-refractivity contribution is 0.0913. The van der Waals surface area contributed by atoms with E-state index in [9.17, 15) is 17.6 Å². The third kappa shape index (κ3) is 3.48. The average Bonchev–Trinajstić information content (AvgIpc) is 2.91. The van der Waals surface area contributed by atoms with Gasteiger partial charge in [-0.2, -0.15) is 0 Å². The standard InChI is InChI=1S/C19H18FNO4S/c1-11-16-10-14(20)6-9-17(16)25-18(11)19(22)21-12(2)13-4-7-15(8-5-13)26(3,23)24/h4-10,12H,1-3H3,(H,21,22). The first-order valence-corrected chi connectivity index (χ1v) is 9.85. The number of nitrogens with one attached hydrogen (secondary N) is 1. The highest BCUT2D eigenvalue weighted by atomic mass is 32.2. The zero-order valence-electron chi connectivity index (χ0n) is 14.5. The molecule has 5 nitrogen and oxygen atoms in total. The topological polar surface area (TPSA) is 76.4 Å². The molecule has 1 unspecified atom stereocenters. The number of carbonyl (C=O) groups excluding carboxylic acids is 1. The molecule has 7 heteroatoms. The SMILES string of the molecule is Cc1c(C(=O)NC(C)c2ccc(S(C)(=O)=O)cc2)oc2ccc(F)cc12. The summed E-state index contributed by atoms with van der Waals surface area (Å²) < 4.78 is 42.0. The monoisotopic (exact) mass is 375 g/mol.